The van der Waals surface area contributed by atoms with E-state index in [1.807, 2.05) is 66.7 Å². The molecule has 0 amide bonds. The lowest BCUT2D eigenvalue weighted by molar-refractivity contribution is 0.0696. The maximum Gasteiger partial charge on any atom is 0.335 e. The number of aromatic nitrogens is 3. The second-order valence-electron chi connectivity index (χ2n) is 7.86. The van der Waals surface area contributed by atoms with Crippen LogP contribution in [0.15, 0.2) is 91.1 Å². The number of imidazole rings is 1. The number of hydrogen-bond acceptors (Lipinski definition) is 4. The zero-order chi connectivity index (χ0) is 22.8. The monoisotopic (exact) mass is 435 g/mol. The molecule has 0 aliphatic heterocycles. The van der Waals surface area contributed by atoms with Crippen molar-refractivity contribution in [2.24, 2.45) is 0 Å². The van der Waals surface area contributed by atoms with Crippen LogP contribution in [0.4, 0.5) is 0 Å². The quantitative estimate of drug-likeness (QED) is 0.393. The van der Waals surface area contributed by atoms with Gasteiger partial charge in [-0.15, -0.1) is 0 Å². The molecular formula is C27H21N3O3. The lowest BCUT2D eigenvalue weighted by Gasteiger charge is -2.08. The molecule has 0 spiro atoms. The van der Waals surface area contributed by atoms with Gasteiger partial charge in [0.15, 0.2) is 5.65 Å². The number of nitrogens with zero attached hydrogens (tertiary/aromatic N) is 3. The highest BCUT2D eigenvalue weighted by molar-refractivity contribution is 5.87. The fourth-order valence-corrected chi connectivity index (χ4v) is 3.93. The largest absolute Gasteiger partial charge is 0.493 e. The summed E-state index contributed by atoms with van der Waals surface area (Å²) < 4.78 is 1.67. The average molecular weight is 435 g/mol. The van der Waals surface area contributed by atoms with Crippen molar-refractivity contribution in [3.63, 3.8) is 0 Å². The Labute approximate surface area is 190 Å². The molecule has 3 aromatic carbocycles. The zero-order valence-electron chi connectivity index (χ0n) is 17.7. The smallest absolute Gasteiger partial charge is 0.335 e. The fraction of sp³-hybridized carbons (Fsp3) is 0.0741. The molecular weight excluding hydrogens is 414 g/mol. The van der Waals surface area contributed by atoms with Crippen LogP contribution in [-0.4, -0.2) is 30.6 Å². The van der Waals surface area contributed by atoms with Crippen molar-refractivity contribution in [1.29, 1.82) is 0 Å². The predicted octanol–water partition coefficient (Wildman–Crippen LogP) is 4.98. The third kappa shape index (κ3) is 4.19. The van der Waals surface area contributed by atoms with E-state index in [9.17, 15) is 15.0 Å². The van der Waals surface area contributed by atoms with Gasteiger partial charge < -0.3 is 10.2 Å². The Bertz CT molecular complexity index is 1440. The third-order valence-corrected chi connectivity index (χ3v) is 5.55. The van der Waals surface area contributed by atoms with Gasteiger partial charge in [0.1, 0.15) is 5.69 Å². The van der Waals surface area contributed by atoms with Gasteiger partial charge in [-0.2, -0.15) is 0 Å². The molecule has 0 fully saturated rings. The van der Waals surface area contributed by atoms with Gasteiger partial charge in [-0.1, -0.05) is 72.8 Å². The highest BCUT2D eigenvalue weighted by atomic mass is 16.4. The molecule has 2 N–H and O–H groups in total. The summed E-state index contributed by atoms with van der Waals surface area (Å²) in [5.41, 5.74) is 5.54. The summed E-state index contributed by atoms with van der Waals surface area (Å²) in [5.74, 6) is -0.961. The summed E-state index contributed by atoms with van der Waals surface area (Å²) in [5, 5.41) is 20.3. The standard InChI is InChI=1S/C27H21N3O3/c31-26-23(16-19-10-7-13-21(14-19)27(32)33)29-25-22(15-18-8-3-1-4-9-18)28-24(17-30(25)26)20-11-5-2-6-12-20/h1-14,17,31H,15-16H2,(H,32,33). The van der Waals surface area contributed by atoms with E-state index in [0.717, 1.165) is 28.1 Å². The second kappa shape index (κ2) is 8.59. The van der Waals surface area contributed by atoms with Crippen molar-refractivity contribution in [2.45, 2.75) is 12.8 Å². The Hall–Kier alpha value is -4.45. The van der Waals surface area contributed by atoms with E-state index < -0.39 is 5.97 Å². The van der Waals surface area contributed by atoms with Crippen LogP contribution in [0.3, 0.4) is 0 Å². The van der Waals surface area contributed by atoms with E-state index in [4.69, 9.17) is 9.97 Å². The van der Waals surface area contributed by atoms with Gasteiger partial charge in [-0.3, -0.25) is 4.40 Å². The fourth-order valence-electron chi connectivity index (χ4n) is 3.93. The van der Waals surface area contributed by atoms with Gasteiger partial charge >= 0.3 is 5.97 Å². The number of carboxylic acid groups (broad SMARTS) is 1. The molecule has 2 aromatic heterocycles. The molecule has 5 aromatic rings. The Morgan fingerprint density at radius 3 is 2.18 bits per heavy atom. The van der Waals surface area contributed by atoms with Crippen LogP contribution in [0.2, 0.25) is 0 Å². The summed E-state index contributed by atoms with van der Waals surface area (Å²) in [6.45, 7) is 0. The number of rotatable bonds is 6. The third-order valence-electron chi connectivity index (χ3n) is 5.55. The predicted molar refractivity (Wildman–Crippen MR) is 126 cm³/mol. The van der Waals surface area contributed by atoms with Crippen molar-refractivity contribution < 1.29 is 15.0 Å². The molecule has 2 heterocycles. The Morgan fingerprint density at radius 2 is 1.45 bits per heavy atom. The lowest BCUT2D eigenvalue weighted by Crippen LogP contribution is -2.00. The lowest BCUT2D eigenvalue weighted by atomic mass is 10.1. The van der Waals surface area contributed by atoms with E-state index in [-0.39, 0.29) is 11.4 Å². The number of aromatic carboxylic acids is 1. The van der Waals surface area contributed by atoms with E-state index in [2.05, 4.69) is 0 Å². The molecule has 0 unspecified atom stereocenters. The molecule has 0 aliphatic rings. The highest BCUT2D eigenvalue weighted by Gasteiger charge is 2.18. The first kappa shape index (κ1) is 20.5. The maximum absolute atomic E-state index is 11.3. The van der Waals surface area contributed by atoms with E-state index in [1.165, 1.54) is 0 Å². The van der Waals surface area contributed by atoms with Crippen LogP contribution in [0.1, 0.15) is 32.9 Å². The average Bonchev–Trinajstić information content (AvgIpc) is 3.16. The van der Waals surface area contributed by atoms with Crippen molar-refractivity contribution in [3.8, 4) is 17.1 Å². The Morgan fingerprint density at radius 1 is 0.788 bits per heavy atom. The molecule has 0 saturated heterocycles. The summed E-state index contributed by atoms with van der Waals surface area (Å²) in [4.78, 5) is 20.9. The van der Waals surface area contributed by atoms with Crippen LogP contribution in [0.25, 0.3) is 16.9 Å². The van der Waals surface area contributed by atoms with E-state index in [1.54, 1.807) is 28.8 Å². The second-order valence-corrected chi connectivity index (χ2v) is 7.86. The van der Waals surface area contributed by atoms with E-state index in [0.29, 0.717) is 24.2 Å². The molecule has 162 valence electrons. The SMILES string of the molecule is O=C(O)c1cccc(Cc2nc3c(Cc4ccccc4)nc(-c4ccccc4)cn3c2O)c1. The zero-order valence-corrected chi connectivity index (χ0v) is 17.7. The summed E-state index contributed by atoms with van der Waals surface area (Å²) in [6.07, 6.45) is 2.66. The minimum absolute atomic E-state index is 0.0274. The molecule has 0 atom stereocenters. The van der Waals surface area contributed by atoms with Gasteiger partial charge in [-0.25, -0.2) is 14.8 Å². The van der Waals surface area contributed by atoms with Gasteiger partial charge in [0, 0.05) is 24.6 Å². The van der Waals surface area contributed by atoms with Crippen LogP contribution >= 0.6 is 0 Å². The van der Waals surface area contributed by atoms with E-state index >= 15 is 0 Å². The molecule has 0 aliphatic carbocycles. The van der Waals surface area contributed by atoms with Gasteiger partial charge in [-0.05, 0) is 23.3 Å². The number of hydrogen-bond donors (Lipinski definition) is 2. The topological polar surface area (TPSA) is 87.7 Å². The number of fused-ring (bicyclic) bond motifs is 1. The number of carbonyl (C=O) groups is 1. The van der Waals surface area contributed by atoms with Crippen LogP contribution < -0.4 is 0 Å². The Kier molecular flexibility index (Phi) is 5.32. The van der Waals surface area contributed by atoms with Crippen molar-refractivity contribution >= 4 is 11.6 Å². The van der Waals surface area contributed by atoms with Crippen LogP contribution in [0, 0.1) is 0 Å². The van der Waals surface area contributed by atoms with Gasteiger partial charge in [0.25, 0.3) is 0 Å². The molecule has 0 radical (unpaired) electrons. The van der Waals surface area contributed by atoms with Crippen LogP contribution in [0.5, 0.6) is 5.88 Å². The summed E-state index contributed by atoms with van der Waals surface area (Å²) >= 11 is 0. The molecule has 0 saturated carbocycles. The normalized spacial score (nSPS) is 11.0. The molecule has 0 bridgehead atoms. The van der Waals surface area contributed by atoms with Crippen molar-refractivity contribution in [2.75, 3.05) is 0 Å². The van der Waals surface area contributed by atoms with Gasteiger partial charge in [0.2, 0.25) is 5.88 Å². The minimum Gasteiger partial charge on any atom is -0.493 e. The van der Waals surface area contributed by atoms with Crippen molar-refractivity contribution in [1.82, 2.24) is 14.4 Å². The Balaban J connectivity index is 1.62. The maximum atomic E-state index is 11.3. The first-order valence-electron chi connectivity index (χ1n) is 10.6. The first-order chi connectivity index (χ1) is 16.1. The summed E-state index contributed by atoms with van der Waals surface area (Å²) in [7, 11) is 0. The van der Waals surface area contributed by atoms with Gasteiger partial charge in [0.05, 0.1) is 17.0 Å². The number of aromatic hydroxyl groups is 1. The van der Waals surface area contributed by atoms with Crippen LogP contribution in [-0.2, 0) is 12.8 Å². The molecule has 5 rings (SSSR count). The molecule has 33 heavy (non-hydrogen) atoms. The first-order valence-corrected chi connectivity index (χ1v) is 10.6. The number of benzene rings is 3. The van der Waals surface area contributed by atoms with Crippen molar-refractivity contribution in [3.05, 3.63) is 119 Å². The molecule has 6 nitrogen and oxygen atoms in total. The number of carboxylic acids is 1. The minimum atomic E-state index is -0.988. The highest BCUT2D eigenvalue weighted by Crippen LogP contribution is 2.28. The summed E-state index contributed by atoms with van der Waals surface area (Å²) in [6, 6.07) is 26.5. The molecule has 6 heteroatoms.